The lowest BCUT2D eigenvalue weighted by atomic mass is 9.96. The number of rotatable bonds is 10. The molecule has 1 unspecified atom stereocenters. The number of hydrogen-bond donors (Lipinski definition) is 1. The van der Waals surface area contributed by atoms with Crippen LogP contribution in [0.2, 0.25) is 5.02 Å². The minimum atomic E-state index is 0.489. The monoisotopic (exact) mass is 297 g/mol. The highest BCUT2D eigenvalue weighted by atomic mass is 35.5. The van der Waals surface area contributed by atoms with Crippen molar-refractivity contribution in [2.45, 2.75) is 39.5 Å². The van der Waals surface area contributed by atoms with Gasteiger partial charge in [-0.15, -0.1) is 0 Å². The van der Waals surface area contributed by atoms with Gasteiger partial charge in [0.25, 0.3) is 0 Å². The summed E-state index contributed by atoms with van der Waals surface area (Å²) in [5.74, 6) is 1.17. The fourth-order valence-electron chi connectivity index (χ4n) is 2.14. The summed E-state index contributed by atoms with van der Waals surface area (Å²) in [6.07, 6.45) is 2.13. The van der Waals surface area contributed by atoms with Crippen molar-refractivity contribution in [3.05, 3.63) is 34.9 Å². The van der Waals surface area contributed by atoms with Gasteiger partial charge in [0.2, 0.25) is 0 Å². The maximum absolute atomic E-state index is 5.97. The molecule has 1 rings (SSSR count). The molecule has 114 valence electrons. The third-order valence-corrected chi connectivity index (χ3v) is 3.50. The molecule has 0 fully saturated rings. The molecule has 0 spiro atoms. The van der Waals surface area contributed by atoms with Crippen molar-refractivity contribution in [1.82, 2.24) is 5.32 Å². The summed E-state index contributed by atoms with van der Waals surface area (Å²) in [5, 5.41) is 4.35. The van der Waals surface area contributed by atoms with Crippen molar-refractivity contribution in [1.29, 1.82) is 0 Å². The first kappa shape index (κ1) is 17.5. The van der Waals surface area contributed by atoms with E-state index in [2.05, 4.69) is 38.2 Å². The molecule has 20 heavy (non-hydrogen) atoms. The van der Waals surface area contributed by atoms with Gasteiger partial charge in [0.05, 0.1) is 0 Å². The lowest BCUT2D eigenvalue weighted by molar-refractivity contribution is 0.127. The largest absolute Gasteiger partial charge is 0.381 e. The molecule has 0 amide bonds. The highest BCUT2D eigenvalue weighted by Crippen LogP contribution is 2.21. The fraction of sp³-hybridized carbons (Fsp3) is 0.647. The first-order valence-electron chi connectivity index (χ1n) is 7.67. The van der Waals surface area contributed by atoms with Crippen molar-refractivity contribution in [3.8, 4) is 0 Å². The zero-order chi connectivity index (χ0) is 14.8. The van der Waals surface area contributed by atoms with Crippen LogP contribution in [0, 0.1) is 5.92 Å². The second-order valence-corrected chi connectivity index (χ2v) is 6.14. The smallest absolute Gasteiger partial charge is 0.0472 e. The maximum Gasteiger partial charge on any atom is 0.0472 e. The third kappa shape index (κ3) is 7.28. The molecule has 0 aliphatic heterocycles. The van der Waals surface area contributed by atoms with Crippen LogP contribution in [0.15, 0.2) is 24.3 Å². The Bertz CT molecular complexity index is 351. The van der Waals surface area contributed by atoms with Crippen LogP contribution in [0.25, 0.3) is 0 Å². The molecule has 1 N–H and O–H groups in total. The summed E-state index contributed by atoms with van der Waals surface area (Å²) in [4.78, 5) is 0. The van der Waals surface area contributed by atoms with E-state index in [1.807, 2.05) is 12.1 Å². The van der Waals surface area contributed by atoms with Gasteiger partial charge >= 0.3 is 0 Å². The number of benzene rings is 1. The Balaban J connectivity index is 2.51. The summed E-state index contributed by atoms with van der Waals surface area (Å²) in [6, 6.07) is 8.20. The van der Waals surface area contributed by atoms with E-state index in [-0.39, 0.29) is 0 Å². The Morgan fingerprint density at radius 3 is 2.40 bits per heavy atom. The van der Waals surface area contributed by atoms with Gasteiger partial charge in [-0.05, 0) is 48.9 Å². The summed E-state index contributed by atoms with van der Waals surface area (Å²) < 4.78 is 5.63. The average molecular weight is 298 g/mol. The first-order chi connectivity index (χ1) is 9.63. The van der Waals surface area contributed by atoms with Crippen molar-refractivity contribution < 1.29 is 4.74 Å². The van der Waals surface area contributed by atoms with E-state index in [0.717, 1.165) is 44.2 Å². The van der Waals surface area contributed by atoms with Gasteiger partial charge in [-0.3, -0.25) is 0 Å². The van der Waals surface area contributed by atoms with Crippen LogP contribution in [-0.4, -0.2) is 26.3 Å². The Hall–Kier alpha value is -0.570. The molecule has 2 nitrogen and oxygen atoms in total. The molecule has 0 aromatic heterocycles. The summed E-state index contributed by atoms with van der Waals surface area (Å²) in [7, 11) is 0. The van der Waals surface area contributed by atoms with Crippen LogP contribution >= 0.6 is 11.6 Å². The molecule has 0 heterocycles. The predicted octanol–water partition coefficient (Wildman–Crippen LogP) is 4.49. The molecule has 0 saturated carbocycles. The van der Waals surface area contributed by atoms with E-state index in [4.69, 9.17) is 16.3 Å². The number of hydrogen-bond acceptors (Lipinski definition) is 2. The molecule has 0 radical (unpaired) electrons. The zero-order valence-corrected chi connectivity index (χ0v) is 13.7. The van der Waals surface area contributed by atoms with Gasteiger partial charge in [0, 0.05) is 24.8 Å². The summed E-state index contributed by atoms with van der Waals surface area (Å²) in [5.41, 5.74) is 1.34. The van der Waals surface area contributed by atoms with E-state index in [0.29, 0.717) is 11.8 Å². The molecule has 1 aromatic rings. The number of nitrogens with one attached hydrogen (secondary N) is 1. The van der Waals surface area contributed by atoms with E-state index in [9.17, 15) is 0 Å². The lowest BCUT2D eigenvalue weighted by Gasteiger charge is -2.19. The molecule has 1 aromatic carbocycles. The van der Waals surface area contributed by atoms with Crippen molar-refractivity contribution in [2.75, 3.05) is 26.3 Å². The van der Waals surface area contributed by atoms with Crippen molar-refractivity contribution in [3.63, 3.8) is 0 Å². The van der Waals surface area contributed by atoms with E-state index in [1.165, 1.54) is 5.56 Å². The van der Waals surface area contributed by atoms with Gasteiger partial charge in [0.1, 0.15) is 0 Å². The van der Waals surface area contributed by atoms with E-state index in [1.54, 1.807) is 0 Å². The van der Waals surface area contributed by atoms with Crippen molar-refractivity contribution >= 4 is 11.6 Å². The molecular weight excluding hydrogens is 270 g/mol. The molecule has 3 heteroatoms. The predicted molar refractivity (Wildman–Crippen MR) is 87.6 cm³/mol. The van der Waals surface area contributed by atoms with Gasteiger partial charge < -0.3 is 10.1 Å². The molecule has 0 aliphatic rings. The molecule has 0 saturated heterocycles. The topological polar surface area (TPSA) is 21.3 Å². The van der Waals surface area contributed by atoms with Gasteiger partial charge in [-0.2, -0.15) is 0 Å². The highest BCUT2D eigenvalue weighted by molar-refractivity contribution is 6.30. The maximum atomic E-state index is 5.97. The zero-order valence-electron chi connectivity index (χ0n) is 13.0. The molecule has 0 aliphatic carbocycles. The SMILES string of the molecule is CCCOCCC(CNCC(C)C)c1ccc(Cl)cc1. The van der Waals surface area contributed by atoms with Gasteiger partial charge in [0.15, 0.2) is 0 Å². The Morgan fingerprint density at radius 2 is 1.80 bits per heavy atom. The summed E-state index contributed by atoms with van der Waals surface area (Å²) >= 11 is 5.97. The number of ether oxygens (including phenoxy) is 1. The van der Waals surface area contributed by atoms with Crippen molar-refractivity contribution in [2.24, 2.45) is 5.92 Å². The average Bonchev–Trinajstić information content (AvgIpc) is 2.42. The summed E-state index contributed by atoms with van der Waals surface area (Å²) in [6.45, 7) is 10.3. The Morgan fingerprint density at radius 1 is 1.10 bits per heavy atom. The Labute approximate surface area is 128 Å². The van der Waals surface area contributed by atoms with Crippen LogP contribution in [-0.2, 0) is 4.74 Å². The first-order valence-corrected chi connectivity index (χ1v) is 8.05. The van der Waals surface area contributed by atoms with E-state index >= 15 is 0 Å². The normalized spacial score (nSPS) is 12.8. The van der Waals surface area contributed by atoms with Crippen LogP contribution < -0.4 is 5.32 Å². The Kier molecular flexibility index (Phi) is 8.92. The van der Waals surface area contributed by atoms with E-state index < -0.39 is 0 Å². The minimum absolute atomic E-state index is 0.489. The quantitative estimate of drug-likeness (QED) is 0.643. The van der Waals surface area contributed by atoms with Crippen LogP contribution in [0.4, 0.5) is 0 Å². The fourth-order valence-corrected chi connectivity index (χ4v) is 2.27. The lowest BCUT2D eigenvalue weighted by Crippen LogP contribution is -2.26. The van der Waals surface area contributed by atoms with Crippen LogP contribution in [0.1, 0.15) is 45.1 Å². The van der Waals surface area contributed by atoms with Crippen LogP contribution in [0.3, 0.4) is 0 Å². The second-order valence-electron chi connectivity index (χ2n) is 5.70. The molecule has 1 atom stereocenters. The molecular formula is C17H28ClNO. The second kappa shape index (κ2) is 10.2. The third-order valence-electron chi connectivity index (χ3n) is 3.24. The van der Waals surface area contributed by atoms with Gasteiger partial charge in [-0.25, -0.2) is 0 Å². The molecule has 0 bridgehead atoms. The van der Waals surface area contributed by atoms with Gasteiger partial charge in [-0.1, -0.05) is 44.5 Å². The van der Waals surface area contributed by atoms with Crippen LogP contribution in [0.5, 0.6) is 0 Å². The number of halogens is 1. The minimum Gasteiger partial charge on any atom is -0.381 e. The highest BCUT2D eigenvalue weighted by Gasteiger charge is 2.11. The standard InChI is InChI=1S/C17H28ClNO/c1-4-10-20-11-9-16(13-19-12-14(2)3)15-5-7-17(18)8-6-15/h5-8,14,16,19H,4,9-13H2,1-3H3.